The molecule has 1 aromatic carbocycles. The summed E-state index contributed by atoms with van der Waals surface area (Å²) in [5.41, 5.74) is -2.50. The zero-order chi connectivity index (χ0) is 18.3. The standard InChI is InChI=1S/C20H24O5/c1-5-23-16-13-19(14-9-7-6-8-10-14)12-11-15(21)20(16,25-19)17(22)24-18(2,3)4/h6-10,13H,5,11-12H2,1-4H3/t19-,20+/m1/s1. The Morgan fingerprint density at radius 3 is 2.52 bits per heavy atom. The van der Waals surface area contributed by atoms with E-state index in [0.29, 0.717) is 13.0 Å². The second-order valence-electron chi connectivity index (χ2n) is 7.41. The first kappa shape index (κ1) is 17.7. The van der Waals surface area contributed by atoms with Crippen LogP contribution in [-0.2, 0) is 29.4 Å². The average Bonchev–Trinajstić information content (AvgIpc) is 2.84. The number of ether oxygens (including phenoxy) is 3. The van der Waals surface area contributed by atoms with E-state index in [1.54, 1.807) is 26.8 Å². The van der Waals surface area contributed by atoms with E-state index in [4.69, 9.17) is 14.2 Å². The van der Waals surface area contributed by atoms with Crippen molar-refractivity contribution >= 4 is 11.8 Å². The molecule has 1 aromatic rings. The van der Waals surface area contributed by atoms with Crippen LogP contribution >= 0.6 is 0 Å². The lowest BCUT2D eigenvalue weighted by atomic mass is 9.85. The molecular weight excluding hydrogens is 320 g/mol. The van der Waals surface area contributed by atoms with Gasteiger partial charge in [-0.05, 0) is 45.8 Å². The molecule has 0 N–H and O–H groups in total. The van der Waals surface area contributed by atoms with E-state index in [1.165, 1.54) is 0 Å². The summed E-state index contributed by atoms with van der Waals surface area (Å²) in [6.45, 7) is 7.43. The van der Waals surface area contributed by atoms with E-state index in [-0.39, 0.29) is 18.0 Å². The third-order valence-corrected chi connectivity index (χ3v) is 4.41. The van der Waals surface area contributed by atoms with Crippen LogP contribution in [-0.4, -0.2) is 29.6 Å². The lowest BCUT2D eigenvalue weighted by molar-refractivity contribution is -0.202. The molecule has 2 bridgehead atoms. The van der Waals surface area contributed by atoms with Crippen molar-refractivity contribution in [1.29, 1.82) is 0 Å². The molecule has 0 spiro atoms. The zero-order valence-corrected chi connectivity index (χ0v) is 15.1. The Morgan fingerprint density at radius 2 is 1.92 bits per heavy atom. The average molecular weight is 344 g/mol. The number of ketones is 1. The van der Waals surface area contributed by atoms with Gasteiger partial charge in [-0.2, -0.15) is 0 Å². The molecule has 1 fully saturated rings. The monoisotopic (exact) mass is 344 g/mol. The molecule has 5 heteroatoms. The van der Waals surface area contributed by atoms with Gasteiger partial charge in [-0.25, -0.2) is 4.79 Å². The van der Waals surface area contributed by atoms with Gasteiger partial charge in [-0.15, -0.1) is 0 Å². The van der Waals surface area contributed by atoms with Crippen molar-refractivity contribution in [1.82, 2.24) is 0 Å². The van der Waals surface area contributed by atoms with Crippen molar-refractivity contribution in [3.05, 3.63) is 47.7 Å². The Morgan fingerprint density at radius 1 is 1.24 bits per heavy atom. The Labute approximate surface area is 148 Å². The Hall–Kier alpha value is -2.14. The maximum Gasteiger partial charge on any atom is 0.354 e. The number of benzene rings is 1. The van der Waals surface area contributed by atoms with Gasteiger partial charge < -0.3 is 14.2 Å². The Bertz CT molecular complexity index is 715. The van der Waals surface area contributed by atoms with Crippen LogP contribution in [0.3, 0.4) is 0 Å². The molecule has 2 heterocycles. The smallest absolute Gasteiger partial charge is 0.354 e. The SMILES string of the molecule is CCOC1=C[C@@]2(c3ccccc3)CCC(=O)[C@]1(C(=O)OC(C)(C)C)O2. The minimum atomic E-state index is -1.81. The molecule has 25 heavy (non-hydrogen) atoms. The quantitative estimate of drug-likeness (QED) is 0.620. The molecule has 0 aromatic heterocycles. The number of rotatable bonds is 4. The summed E-state index contributed by atoms with van der Waals surface area (Å²) in [4.78, 5) is 25.8. The van der Waals surface area contributed by atoms with Gasteiger partial charge in [0.15, 0.2) is 5.78 Å². The lowest BCUT2D eigenvalue weighted by Crippen LogP contribution is -2.56. The van der Waals surface area contributed by atoms with Gasteiger partial charge in [-0.3, -0.25) is 4.79 Å². The molecule has 0 saturated carbocycles. The lowest BCUT2D eigenvalue weighted by Gasteiger charge is -2.39. The molecule has 0 amide bonds. The highest BCUT2D eigenvalue weighted by molar-refractivity contribution is 6.11. The van der Waals surface area contributed by atoms with Crippen LogP contribution in [0.2, 0.25) is 0 Å². The van der Waals surface area contributed by atoms with Crippen LogP contribution in [0.1, 0.15) is 46.1 Å². The van der Waals surface area contributed by atoms with E-state index < -0.39 is 22.8 Å². The fraction of sp³-hybridized carbons (Fsp3) is 0.500. The summed E-state index contributed by atoms with van der Waals surface area (Å²) in [7, 11) is 0. The minimum Gasteiger partial charge on any atom is -0.494 e. The van der Waals surface area contributed by atoms with E-state index >= 15 is 0 Å². The number of Topliss-reactive ketones (excluding diaryl/α,β-unsaturated/α-hetero) is 1. The summed E-state index contributed by atoms with van der Waals surface area (Å²) in [6, 6.07) is 9.59. The van der Waals surface area contributed by atoms with Crippen LogP contribution in [0.5, 0.6) is 0 Å². The highest BCUT2D eigenvalue weighted by Crippen LogP contribution is 2.52. The molecule has 2 aliphatic rings. The first-order valence-corrected chi connectivity index (χ1v) is 8.62. The van der Waals surface area contributed by atoms with Crippen molar-refractivity contribution in [3.8, 4) is 0 Å². The largest absolute Gasteiger partial charge is 0.494 e. The van der Waals surface area contributed by atoms with Crippen LogP contribution in [0, 0.1) is 0 Å². The second-order valence-corrected chi connectivity index (χ2v) is 7.41. The van der Waals surface area contributed by atoms with Crippen molar-refractivity contribution in [2.45, 2.75) is 57.3 Å². The number of carbonyl (C=O) groups excluding carboxylic acids is 2. The Kier molecular flexibility index (Phi) is 4.23. The molecule has 5 nitrogen and oxygen atoms in total. The van der Waals surface area contributed by atoms with Crippen molar-refractivity contribution in [3.63, 3.8) is 0 Å². The molecule has 0 unspecified atom stereocenters. The zero-order valence-electron chi connectivity index (χ0n) is 15.1. The maximum atomic E-state index is 13.0. The molecule has 2 atom stereocenters. The predicted octanol–water partition coefficient (Wildman–Crippen LogP) is 3.28. The van der Waals surface area contributed by atoms with Gasteiger partial charge in [-0.1, -0.05) is 30.3 Å². The van der Waals surface area contributed by atoms with Crippen LogP contribution in [0.4, 0.5) is 0 Å². The summed E-state index contributed by atoms with van der Waals surface area (Å²) >= 11 is 0. The second kappa shape index (κ2) is 5.99. The van der Waals surface area contributed by atoms with Crippen LogP contribution in [0.25, 0.3) is 0 Å². The molecular formula is C20H24O5. The Balaban J connectivity index is 2.09. The highest BCUT2D eigenvalue weighted by Gasteiger charge is 2.65. The van der Waals surface area contributed by atoms with Gasteiger partial charge in [0.1, 0.15) is 17.0 Å². The van der Waals surface area contributed by atoms with Gasteiger partial charge >= 0.3 is 5.97 Å². The summed E-state index contributed by atoms with van der Waals surface area (Å²) in [5, 5.41) is 0. The van der Waals surface area contributed by atoms with Gasteiger partial charge in [0.25, 0.3) is 5.60 Å². The summed E-state index contributed by atoms with van der Waals surface area (Å²) < 4.78 is 17.4. The molecule has 3 rings (SSSR count). The fourth-order valence-corrected chi connectivity index (χ4v) is 3.37. The van der Waals surface area contributed by atoms with Crippen LogP contribution in [0.15, 0.2) is 42.2 Å². The number of esters is 1. The maximum absolute atomic E-state index is 13.0. The van der Waals surface area contributed by atoms with E-state index in [9.17, 15) is 9.59 Å². The van der Waals surface area contributed by atoms with Gasteiger partial charge in [0.2, 0.25) is 0 Å². The molecule has 1 saturated heterocycles. The van der Waals surface area contributed by atoms with E-state index in [0.717, 1.165) is 5.56 Å². The minimum absolute atomic E-state index is 0.223. The number of fused-ring (bicyclic) bond motifs is 2. The van der Waals surface area contributed by atoms with Gasteiger partial charge in [0.05, 0.1) is 6.61 Å². The number of hydrogen-bond donors (Lipinski definition) is 0. The topological polar surface area (TPSA) is 61.8 Å². The van der Waals surface area contributed by atoms with Crippen molar-refractivity contribution in [2.75, 3.05) is 6.61 Å². The third-order valence-electron chi connectivity index (χ3n) is 4.41. The first-order chi connectivity index (χ1) is 11.7. The molecule has 0 radical (unpaired) electrons. The van der Waals surface area contributed by atoms with Crippen LogP contribution < -0.4 is 0 Å². The number of hydrogen-bond acceptors (Lipinski definition) is 5. The van der Waals surface area contributed by atoms with Crippen molar-refractivity contribution in [2.24, 2.45) is 0 Å². The normalized spacial score (nSPS) is 28.5. The molecule has 2 aliphatic heterocycles. The van der Waals surface area contributed by atoms with Crippen molar-refractivity contribution < 1.29 is 23.8 Å². The number of carbonyl (C=O) groups is 2. The van der Waals surface area contributed by atoms with Gasteiger partial charge in [0, 0.05) is 6.42 Å². The van der Waals surface area contributed by atoms with E-state index in [1.807, 2.05) is 37.3 Å². The third kappa shape index (κ3) is 2.86. The fourth-order valence-electron chi connectivity index (χ4n) is 3.37. The van der Waals surface area contributed by atoms with E-state index in [2.05, 4.69) is 0 Å². The molecule has 0 aliphatic carbocycles. The first-order valence-electron chi connectivity index (χ1n) is 8.62. The summed E-state index contributed by atoms with van der Waals surface area (Å²) in [5.74, 6) is -0.775. The predicted molar refractivity (Wildman–Crippen MR) is 91.7 cm³/mol. The molecule has 134 valence electrons. The highest BCUT2D eigenvalue weighted by atomic mass is 16.6. The summed E-state index contributed by atoms with van der Waals surface area (Å²) in [6.07, 6.45) is 2.47.